The second-order valence-electron chi connectivity index (χ2n) is 4.81. The minimum Gasteiger partial charge on any atom is -0.353 e. The van der Waals surface area contributed by atoms with Crippen LogP contribution < -0.4 is 4.90 Å². The average Bonchev–Trinajstić information content (AvgIpc) is 2.86. The van der Waals surface area contributed by atoms with Crippen molar-refractivity contribution >= 4 is 17.4 Å². The Kier molecular flexibility index (Phi) is 3.84. The van der Waals surface area contributed by atoms with E-state index in [2.05, 4.69) is 24.9 Å². The van der Waals surface area contributed by atoms with Gasteiger partial charge in [-0.25, -0.2) is 4.98 Å². The Bertz CT molecular complexity index is 580. The van der Waals surface area contributed by atoms with Gasteiger partial charge >= 0.3 is 0 Å². The van der Waals surface area contributed by atoms with Crippen molar-refractivity contribution in [1.29, 1.82) is 0 Å². The zero-order chi connectivity index (χ0) is 13.9. The second kappa shape index (κ2) is 5.76. The van der Waals surface area contributed by atoms with Gasteiger partial charge < -0.3 is 9.42 Å². The standard InChI is InChI=1S/C13H16ClN5O/c1-10-16-12(20-17-10)9-18-5-7-19(8-6-18)13-11(14)3-2-4-15-13/h2-4H,5-9H2,1H3. The summed E-state index contributed by atoms with van der Waals surface area (Å²) < 4.78 is 5.15. The molecule has 1 aliphatic rings. The summed E-state index contributed by atoms with van der Waals surface area (Å²) in [5, 5.41) is 4.51. The SMILES string of the molecule is Cc1noc(CN2CCN(c3ncccc3Cl)CC2)n1. The number of aryl methyl sites for hydroxylation is 1. The predicted molar refractivity (Wildman–Crippen MR) is 75.8 cm³/mol. The van der Waals surface area contributed by atoms with Crippen LogP contribution >= 0.6 is 11.6 Å². The summed E-state index contributed by atoms with van der Waals surface area (Å²) in [5.41, 5.74) is 0. The number of anilines is 1. The molecule has 0 aliphatic carbocycles. The van der Waals surface area contributed by atoms with Gasteiger partial charge in [-0.05, 0) is 19.1 Å². The Labute approximate surface area is 122 Å². The van der Waals surface area contributed by atoms with E-state index < -0.39 is 0 Å². The van der Waals surface area contributed by atoms with Gasteiger partial charge in [-0.15, -0.1) is 0 Å². The molecule has 3 rings (SSSR count). The highest BCUT2D eigenvalue weighted by atomic mass is 35.5. The van der Waals surface area contributed by atoms with Gasteiger partial charge in [-0.2, -0.15) is 4.98 Å². The van der Waals surface area contributed by atoms with Crippen LogP contribution in [0.1, 0.15) is 11.7 Å². The fourth-order valence-corrected chi connectivity index (χ4v) is 2.56. The van der Waals surface area contributed by atoms with E-state index in [1.807, 2.05) is 19.1 Å². The van der Waals surface area contributed by atoms with E-state index in [1.165, 1.54) is 0 Å². The Hall–Kier alpha value is -1.66. The quantitative estimate of drug-likeness (QED) is 0.859. The van der Waals surface area contributed by atoms with Gasteiger partial charge in [-0.3, -0.25) is 4.90 Å². The van der Waals surface area contributed by atoms with Crippen LogP contribution in [0.25, 0.3) is 0 Å². The van der Waals surface area contributed by atoms with E-state index in [1.54, 1.807) is 6.20 Å². The molecular weight excluding hydrogens is 278 g/mol. The van der Waals surface area contributed by atoms with E-state index in [9.17, 15) is 0 Å². The summed E-state index contributed by atoms with van der Waals surface area (Å²) in [5.74, 6) is 2.22. The number of hydrogen-bond acceptors (Lipinski definition) is 6. The van der Waals surface area contributed by atoms with Gasteiger partial charge in [0.1, 0.15) is 5.82 Å². The third kappa shape index (κ3) is 2.91. The van der Waals surface area contributed by atoms with Crippen molar-refractivity contribution in [3.63, 3.8) is 0 Å². The van der Waals surface area contributed by atoms with Crippen molar-refractivity contribution in [2.24, 2.45) is 0 Å². The molecule has 0 spiro atoms. The summed E-state index contributed by atoms with van der Waals surface area (Å²) in [7, 11) is 0. The molecule has 0 radical (unpaired) electrons. The first-order chi connectivity index (χ1) is 9.72. The van der Waals surface area contributed by atoms with E-state index in [-0.39, 0.29) is 0 Å². The highest BCUT2D eigenvalue weighted by molar-refractivity contribution is 6.32. The summed E-state index contributed by atoms with van der Waals surface area (Å²) >= 11 is 6.18. The van der Waals surface area contributed by atoms with E-state index in [0.717, 1.165) is 32.0 Å². The number of pyridine rings is 1. The van der Waals surface area contributed by atoms with Gasteiger partial charge in [0.05, 0.1) is 11.6 Å². The highest BCUT2D eigenvalue weighted by Crippen LogP contribution is 2.23. The van der Waals surface area contributed by atoms with Crippen LogP contribution in [0.4, 0.5) is 5.82 Å². The molecule has 2 aromatic rings. The van der Waals surface area contributed by atoms with Gasteiger partial charge in [0.2, 0.25) is 5.89 Å². The number of aromatic nitrogens is 3. The maximum Gasteiger partial charge on any atom is 0.240 e. The smallest absolute Gasteiger partial charge is 0.240 e. The van der Waals surface area contributed by atoms with Crippen LogP contribution in [0.5, 0.6) is 0 Å². The van der Waals surface area contributed by atoms with Crippen LogP contribution in [-0.2, 0) is 6.54 Å². The molecule has 7 heteroatoms. The fraction of sp³-hybridized carbons (Fsp3) is 0.462. The van der Waals surface area contributed by atoms with E-state index in [0.29, 0.717) is 23.3 Å². The molecule has 6 nitrogen and oxygen atoms in total. The van der Waals surface area contributed by atoms with E-state index in [4.69, 9.17) is 16.1 Å². The maximum atomic E-state index is 6.18. The first-order valence-corrected chi connectivity index (χ1v) is 6.97. The number of hydrogen-bond donors (Lipinski definition) is 0. The first-order valence-electron chi connectivity index (χ1n) is 6.59. The molecule has 20 heavy (non-hydrogen) atoms. The first kappa shape index (κ1) is 13.3. The van der Waals surface area contributed by atoms with Gasteiger partial charge in [0.25, 0.3) is 0 Å². The predicted octanol–water partition coefficient (Wildman–Crippen LogP) is 1.75. The molecule has 0 saturated carbocycles. The maximum absolute atomic E-state index is 6.18. The third-order valence-electron chi connectivity index (χ3n) is 3.34. The number of piperazine rings is 1. The van der Waals surface area contributed by atoms with Crippen molar-refractivity contribution < 1.29 is 4.52 Å². The number of rotatable bonds is 3. The van der Waals surface area contributed by atoms with Crippen LogP contribution in [-0.4, -0.2) is 46.2 Å². The number of halogens is 1. The minimum atomic E-state index is 0.673. The molecule has 0 N–H and O–H groups in total. The highest BCUT2D eigenvalue weighted by Gasteiger charge is 2.21. The molecule has 0 bridgehead atoms. The summed E-state index contributed by atoms with van der Waals surface area (Å²) in [6.07, 6.45) is 1.77. The zero-order valence-corrected chi connectivity index (χ0v) is 12.0. The molecule has 0 unspecified atom stereocenters. The van der Waals surface area contributed by atoms with Crippen LogP contribution in [0, 0.1) is 6.92 Å². The lowest BCUT2D eigenvalue weighted by Gasteiger charge is -2.34. The number of nitrogens with zero attached hydrogens (tertiary/aromatic N) is 5. The Balaban J connectivity index is 1.58. The topological polar surface area (TPSA) is 58.3 Å². The second-order valence-corrected chi connectivity index (χ2v) is 5.21. The average molecular weight is 294 g/mol. The lowest BCUT2D eigenvalue weighted by atomic mass is 10.3. The monoisotopic (exact) mass is 293 g/mol. The van der Waals surface area contributed by atoms with Crippen molar-refractivity contribution in [2.75, 3.05) is 31.1 Å². The molecule has 1 fully saturated rings. The molecule has 3 heterocycles. The largest absolute Gasteiger partial charge is 0.353 e. The van der Waals surface area contributed by atoms with Crippen molar-refractivity contribution in [3.05, 3.63) is 35.1 Å². The zero-order valence-electron chi connectivity index (χ0n) is 11.3. The summed E-state index contributed by atoms with van der Waals surface area (Å²) in [6, 6.07) is 3.72. The Morgan fingerprint density at radius 1 is 1.30 bits per heavy atom. The molecule has 0 atom stereocenters. The third-order valence-corrected chi connectivity index (χ3v) is 3.63. The van der Waals surface area contributed by atoms with Crippen molar-refractivity contribution in [3.8, 4) is 0 Å². The van der Waals surface area contributed by atoms with Crippen LogP contribution in [0.2, 0.25) is 5.02 Å². The molecule has 1 aliphatic heterocycles. The van der Waals surface area contributed by atoms with Crippen LogP contribution in [0.15, 0.2) is 22.9 Å². The molecule has 0 aromatic carbocycles. The van der Waals surface area contributed by atoms with Crippen LogP contribution in [0.3, 0.4) is 0 Å². The normalized spacial score (nSPS) is 16.6. The van der Waals surface area contributed by atoms with Crippen molar-refractivity contribution in [1.82, 2.24) is 20.0 Å². The van der Waals surface area contributed by atoms with Gasteiger partial charge in [0.15, 0.2) is 5.82 Å². The van der Waals surface area contributed by atoms with Gasteiger partial charge in [-0.1, -0.05) is 16.8 Å². The fourth-order valence-electron chi connectivity index (χ4n) is 2.32. The molecule has 106 valence electrons. The molecule has 1 saturated heterocycles. The Morgan fingerprint density at radius 3 is 2.75 bits per heavy atom. The van der Waals surface area contributed by atoms with Gasteiger partial charge in [0, 0.05) is 32.4 Å². The molecule has 0 amide bonds. The Morgan fingerprint density at radius 2 is 2.10 bits per heavy atom. The summed E-state index contributed by atoms with van der Waals surface area (Å²) in [4.78, 5) is 13.1. The van der Waals surface area contributed by atoms with Crippen molar-refractivity contribution in [2.45, 2.75) is 13.5 Å². The lowest BCUT2D eigenvalue weighted by molar-refractivity contribution is 0.215. The molecular formula is C13H16ClN5O. The summed E-state index contributed by atoms with van der Waals surface area (Å²) in [6.45, 7) is 6.16. The lowest BCUT2D eigenvalue weighted by Crippen LogP contribution is -2.46. The minimum absolute atomic E-state index is 0.673. The van der Waals surface area contributed by atoms with E-state index >= 15 is 0 Å². The molecule has 2 aromatic heterocycles.